The number of aliphatic hydroxyl groups is 1. The van der Waals surface area contributed by atoms with E-state index in [1.165, 1.54) is 0 Å². The molecule has 1 atom stereocenters. The molecular formula is C16H20N2O2S. The van der Waals surface area contributed by atoms with E-state index < -0.39 is 5.60 Å². The third-order valence-electron chi connectivity index (χ3n) is 3.38. The van der Waals surface area contributed by atoms with Crippen LogP contribution in [-0.4, -0.2) is 24.6 Å². The van der Waals surface area contributed by atoms with Gasteiger partial charge in [0.05, 0.1) is 5.60 Å². The van der Waals surface area contributed by atoms with Crippen LogP contribution in [0.1, 0.15) is 28.4 Å². The third-order valence-corrected chi connectivity index (χ3v) is 4.07. The highest BCUT2D eigenvalue weighted by Crippen LogP contribution is 2.22. The first-order valence-corrected chi connectivity index (χ1v) is 7.74. The molecule has 0 radical (unpaired) electrons. The number of rotatable bonds is 6. The van der Waals surface area contributed by atoms with Gasteiger partial charge in [-0.1, -0.05) is 12.1 Å². The molecule has 21 heavy (non-hydrogen) atoms. The zero-order valence-electron chi connectivity index (χ0n) is 12.2. The van der Waals surface area contributed by atoms with E-state index in [4.69, 9.17) is 0 Å². The smallest absolute Gasteiger partial charge is 0.251 e. The van der Waals surface area contributed by atoms with Gasteiger partial charge < -0.3 is 15.7 Å². The predicted octanol–water partition coefficient (Wildman–Crippen LogP) is 2.10. The van der Waals surface area contributed by atoms with Crippen LogP contribution in [0.25, 0.3) is 0 Å². The molecule has 0 aliphatic heterocycles. The predicted molar refractivity (Wildman–Crippen MR) is 85.4 cm³/mol. The second-order valence-electron chi connectivity index (χ2n) is 5.17. The Morgan fingerprint density at radius 1 is 1.29 bits per heavy atom. The monoisotopic (exact) mass is 304 g/mol. The van der Waals surface area contributed by atoms with Gasteiger partial charge in [0.1, 0.15) is 0 Å². The molecule has 1 unspecified atom stereocenters. The first-order chi connectivity index (χ1) is 10.0. The second-order valence-corrected chi connectivity index (χ2v) is 5.95. The lowest BCUT2D eigenvalue weighted by Crippen LogP contribution is -2.34. The van der Waals surface area contributed by atoms with E-state index >= 15 is 0 Å². The van der Waals surface area contributed by atoms with E-state index in [9.17, 15) is 9.90 Å². The lowest BCUT2D eigenvalue weighted by atomic mass is 9.99. The van der Waals surface area contributed by atoms with Crippen LogP contribution in [0.4, 0.5) is 0 Å². The van der Waals surface area contributed by atoms with Gasteiger partial charge in [0, 0.05) is 25.7 Å². The molecule has 0 spiro atoms. The standard InChI is InChI=1S/C16H20N2O2S/c1-16(20,14-7-8-21-10-14)11-18-9-12-3-5-13(6-4-12)15(19)17-2/h3-8,10,18,20H,9,11H2,1-2H3,(H,17,19). The van der Waals surface area contributed by atoms with E-state index in [1.54, 1.807) is 37.4 Å². The average molecular weight is 304 g/mol. The molecule has 0 saturated heterocycles. The Balaban J connectivity index is 1.87. The highest BCUT2D eigenvalue weighted by molar-refractivity contribution is 7.08. The normalized spacial score (nSPS) is 13.7. The zero-order chi connectivity index (χ0) is 15.3. The number of carbonyl (C=O) groups excluding carboxylic acids is 1. The summed E-state index contributed by atoms with van der Waals surface area (Å²) >= 11 is 1.58. The van der Waals surface area contributed by atoms with Crippen molar-refractivity contribution in [3.8, 4) is 0 Å². The Hall–Kier alpha value is -1.69. The molecule has 1 amide bonds. The molecular weight excluding hydrogens is 284 g/mol. The summed E-state index contributed by atoms with van der Waals surface area (Å²) in [5.41, 5.74) is 1.77. The van der Waals surface area contributed by atoms with Gasteiger partial charge in [0.25, 0.3) is 5.91 Å². The molecule has 0 fully saturated rings. The molecule has 3 N–H and O–H groups in total. The number of carbonyl (C=O) groups is 1. The molecule has 0 aliphatic carbocycles. The fraction of sp³-hybridized carbons (Fsp3) is 0.312. The summed E-state index contributed by atoms with van der Waals surface area (Å²) in [4.78, 5) is 11.4. The molecule has 0 bridgehead atoms. The summed E-state index contributed by atoms with van der Waals surface area (Å²) in [5.74, 6) is -0.0881. The van der Waals surface area contributed by atoms with Gasteiger partial charge in [0.2, 0.25) is 0 Å². The van der Waals surface area contributed by atoms with E-state index in [1.807, 2.05) is 29.0 Å². The van der Waals surface area contributed by atoms with Crippen LogP contribution in [0, 0.1) is 0 Å². The van der Waals surface area contributed by atoms with Crippen molar-refractivity contribution >= 4 is 17.2 Å². The first-order valence-electron chi connectivity index (χ1n) is 6.80. The van der Waals surface area contributed by atoms with Crippen LogP contribution >= 0.6 is 11.3 Å². The number of hydrogen-bond acceptors (Lipinski definition) is 4. The van der Waals surface area contributed by atoms with Crippen molar-refractivity contribution in [3.63, 3.8) is 0 Å². The minimum Gasteiger partial charge on any atom is -0.384 e. The number of hydrogen-bond donors (Lipinski definition) is 3. The van der Waals surface area contributed by atoms with Crippen molar-refractivity contribution in [1.29, 1.82) is 0 Å². The number of nitrogens with one attached hydrogen (secondary N) is 2. The summed E-state index contributed by atoms with van der Waals surface area (Å²) in [6, 6.07) is 9.36. The Kier molecular flexibility index (Phi) is 5.12. The summed E-state index contributed by atoms with van der Waals surface area (Å²) in [7, 11) is 1.62. The van der Waals surface area contributed by atoms with Crippen molar-refractivity contribution in [2.75, 3.05) is 13.6 Å². The molecule has 2 rings (SSSR count). The van der Waals surface area contributed by atoms with Gasteiger partial charge in [0.15, 0.2) is 0 Å². The second kappa shape index (κ2) is 6.85. The third kappa shape index (κ3) is 4.14. The Morgan fingerprint density at radius 2 is 2.00 bits per heavy atom. The molecule has 112 valence electrons. The van der Waals surface area contributed by atoms with E-state index in [0.717, 1.165) is 11.1 Å². The molecule has 1 heterocycles. The van der Waals surface area contributed by atoms with Crippen LogP contribution in [0.5, 0.6) is 0 Å². The van der Waals surface area contributed by atoms with Crippen LogP contribution in [0.3, 0.4) is 0 Å². The van der Waals surface area contributed by atoms with Gasteiger partial charge in [-0.3, -0.25) is 4.79 Å². The highest BCUT2D eigenvalue weighted by Gasteiger charge is 2.22. The van der Waals surface area contributed by atoms with E-state index in [-0.39, 0.29) is 5.91 Å². The summed E-state index contributed by atoms with van der Waals surface area (Å²) in [6.45, 7) is 2.92. The maximum atomic E-state index is 11.4. The molecule has 5 heteroatoms. The molecule has 1 aromatic heterocycles. The highest BCUT2D eigenvalue weighted by atomic mass is 32.1. The first kappa shape index (κ1) is 15.7. The number of amides is 1. The Bertz CT molecular complexity index is 577. The largest absolute Gasteiger partial charge is 0.384 e. The Labute approximate surface area is 128 Å². The molecule has 0 aliphatic rings. The SMILES string of the molecule is CNC(=O)c1ccc(CNCC(C)(O)c2ccsc2)cc1. The average Bonchev–Trinajstić information content (AvgIpc) is 3.02. The Morgan fingerprint density at radius 3 is 2.57 bits per heavy atom. The molecule has 0 saturated carbocycles. The minimum absolute atomic E-state index is 0.0881. The van der Waals surface area contributed by atoms with Gasteiger partial charge in [-0.25, -0.2) is 0 Å². The quantitative estimate of drug-likeness (QED) is 0.766. The topological polar surface area (TPSA) is 61.4 Å². The molecule has 4 nitrogen and oxygen atoms in total. The van der Waals surface area contributed by atoms with Crippen molar-refractivity contribution in [2.45, 2.75) is 19.1 Å². The van der Waals surface area contributed by atoms with Gasteiger partial charge in [-0.2, -0.15) is 11.3 Å². The maximum Gasteiger partial charge on any atom is 0.251 e. The van der Waals surface area contributed by atoms with Gasteiger partial charge in [-0.05, 0) is 47.0 Å². The molecule has 1 aromatic carbocycles. The fourth-order valence-corrected chi connectivity index (χ4v) is 2.82. The van der Waals surface area contributed by atoms with Crippen molar-refractivity contribution in [3.05, 3.63) is 57.8 Å². The summed E-state index contributed by atoms with van der Waals surface area (Å²) in [5, 5.41) is 20.2. The summed E-state index contributed by atoms with van der Waals surface area (Å²) < 4.78 is 0. The van der Waals surface area contributed by atoms with Crippen molar-refractivity contribution < 1.29 is 9.90 Å². The van der Waals surface area contributed by atoms with Crippen molar-refractivity contribution in [1.82, 2.24) is 10.6 Å². The lowest BCUT2D eigenvalue weighted by Gasteiger charge is -2.23. The number of benzene rings is 1. The van der Waals surface area contributed by atoms with Gasteiger partial charge >= 0.3 is 0 Å². The van der Waals surface area contributed by atoms with Crippen LogP contribution in [-0.2, 0) is 12.1 Å². The van der Waals surface area contributed by atoms with Crippen LogP contribution in [0.15, 0.2) is 41.1 Å². The molecule has 2 aromatic rings. The minimum atomic E-state index is -0.873. The summed E-state index contributed by atoms with van der Waals surface area (Å²) in [6.07, 6.45) is 0. The fourth-order valence-electron chi connectivity index (χ4n) is 2.04. The maximum absolute atomic E-state index is 11.4. The van der Waals surface area contributed by atoms with E-state index in [0.29, 0.717) is 18.7 Å². The van der Waals surface area contributed by atoms with Crippen molar-refractivity contribution in [2.24, 2.45) is 0 Å². The zero-order valence-corrected chi connectivity index (χ0v) is 13.0. The van der Waals surface area contributed by atoms with Gasteiger partial charge in [-0.15, -0.1) is 0 Å². The lowest BCUT2D eigenvalue weighted by molar-refractivity contribution is 0.0571. The van der Waals surface area contributed by atoms with E-state index in [2.05, 4.69) is 10.6 Å². The van der Waals surface area contributed by atoms with Crippen LogP contribution < -0.4 is 10.6 Å². The van der Waals surface area contributed by atoms with Crippen LogP contribution in [0.2, 0.25) is 0 Å². The number of thiophene rings is 1.